The van der Waals surface area contributed by atoms with E-state index >= 15 is 0 Å². The monoisotopic (exact) mass is 699 g/mol. The summed E-state index contributed by atoms with van der Waals surface area (Å²) < 4.78 is 0. The Bertz CT molecular complexity index is 1410. The first-order valence-electron chi connectivity index (χ1n) is 18.2. The van der Waals surface area contributed by atoms with Gasteiger partial charge in [-0.3, -0.25) is 24.0 Å². The van der Waals surface area contributed by atoms with Gasteiger partial charge in [-0.05, 0) is 75.7 Å². The smallest absolute Gasteiger partial charge is 0.315 e. The first-order valence-corrected chi connectivity index (χ1v) is 18.2. The van der Waals surface area contributed by atoms with Crippen LogP contribution < -0.4 is 32.3 Å². The average Bonchev–Trinajstić information content (AvgIpc) is 3.20. The van der Waals surface area contributed by atoms with E-state index < -0.39 is 64.7 Å². The van der Waals surface area contributed by atoms with Gasteiger partial charge in [0.2, 0.25) is 23.5 Å². The minimum atomic E-state index is -1.09. The Morgan fingerprint density at radius 1 is 0.920 bits per heavy atom. The van der Waals surface area contributed by atoms with Gasteiger partial charge in [-0.1, -0.05) is 72.5 Å². The highest BCUT2D eigenvalue weighted by Gasteiger charge is 2.85. The summed E-state index contributed by atoms with van der Waals surface area (Å²) in [7, 11) is 1.69. The van der Waals surface area contributed by atoms with E-state index in [1.54, 1.807) is 32.7 Å². The predicted octanol–water partition coefficient (Wildman–Crippen LogP) is 2.29. The molecule has 4 rings (SSSR count). The Hall–Kier alpha value is -3.48. The van der Waals surface area contributed by atoms with Crippen LogP contribution in [0.1, 0.15) is 107 Å². The van der Waals surface area contributed by atoms with Crippen LogP contribution in [0.15, 0.2) is 12.2 Å². The van der Waals surface area contributed by atoms with Crippen molar-refractivity contribution in [3.63, 3.8) is 0 Å². The molecular weight excluding hydrogens is 638 g/mol. The predicted molar refractivity (Wildman–Crippen MR) is 190 cm³/mol. The molecule has 13 heteroatoms. The van der Waals surface area contributed by atoms with E-state index in [2.05, 4.69) is 47.0 Å². The van der Waals surface area contributed by atoms with Crippen molar-refractivity contribution in [3.05, 3.63) is 12.2 Å². The lowest BCUT2D eigenvalue weighted by atomic mass is 9.73. The van der Waals surface area contributed by atoms with Gasteiger partial charge in [0.15, 0.2) is 0 Å². The van der Waals surface area contributed by atoms with Crippen LogP contribution in [0.25, 0.3) is 0 Å². The van der Waals surface area contributed by atoms with Crippen molar-refractivity contribution in [3.8, 4) is 0 Å². The average molecular weight is 700 g/mol. The first kappa shape index (κ1) is 39.3. The van der Waals surface area contributed by atoms with Crippen molar-refractivity contribution in [2.75, 3.05) is 20.1 Å². The molecule has 1 aliphatic heterocycles. The van der Waals surface area contributed by atoms with Gasteiger partial charge in [0.05, 0.1) is 17.6 Å². The summed E-state index contributed by atoms with van der Waals surface area (Å²) in [5, 5.41) is 14.4. The number of nitrogens with zero attached hydrogens (tertiary/aromatic N) is 1. The SMILES string of the molecule is C=C(C)[C@@H](CNC(=O)C(C)(C)NC)NC(=O)N[C@H](C(=O)N1C[C@]2(C[C@H]1C(=O)NC(CC1CCC1)C(=O)C(N)=O)C(C)(C)C21CCC1)C(C)(C)C. The number of primary amides is 1. The fourth-order valence-electron chi connectivity index (χ4n) is 8.82. The summed E-state index contributed by atoms with van der Waals surface area (Å²) in [6.07, 6.45) is 6.77. The standard InChI is InChI=1S/C37H61N7O6/c1-21(2)24(19-40-31(49)34(6,7)39-10)42-32(50)43-27(33(3,4)5)30(48)44-20-37(35(8,9)36(37)15-12-16-36)18-25(44)29(47)41-23(26(45)28(38)46)17-22-13-11-14-22/h22-25,27,39H,1,11-20H2,2-10H3,(H2,38,46)(H,40,49)(H,41,47)(H2,42,43,50)/t23?,24-,25+,27-,37-/m1/s1. The summed E-state index contributed by atoms with van der Waals surface area (Å²) in [4.78, 5) is 81.6. The number of likely N-dealkylation sites (tertiary alicyclic amines) is 1. The quantitative estimate of drug-likeness (QED) is 0.118. The van der Waals surface area contributed by atoms with Crippen molar-refractivity contribution in [2.24, 2.45) is 33.3 Å². The van der Waals surface area contributed by atoms with Gasteiger partial charge in [-0.15, -0.1) is 0 Å². The molecule has 50 heavy (non-hydrogen) atoms. The molecule has 280 valence electrons. The first-order chi connectivity index (χ1) is 23.0. The van der Waals surface area contributed by atoms with E-state index in [0.717, 1.165) is 38.5 Å². The van der Waals surface area contributed by atoms with Crippen LogP contribution in [0, 0.1) is 27.6 Å². The van der Waals surface area contributed by atoms with E-state index in [1.807, 2.05) is 20.8 Å². The molecular formula is C37H61N7O6. The molecule has 1 heterocycles. The van der Waals surface area contributed by atoms with E-state index in [9.17, 15) is 28.8 Å². The topological polar surface area (TPSA) is 192 Å². The lowest BCUT2D eigenvalue weighted by Gasteiger charge is -2.36. The number of nitrogens with two attached hydrogens (primary N) is 1. The summed E-state index contributed by atoms with van der Waals surface area (Å²) >= 11 is 0. The summed E-state index contributed by atoms with van der Waals surface area (Å²) in [6.45, 7) is 19.6. The van der Waals surface area contributed by atoms with E-state index in [0.29, 0.717) is 25.0 Å². The summed E-state index contributed by atoms with van der Waals surface area (Å²) in [6, 6.07) is -4.19. The minimum Gasteiger partial charge on any atom is -0.363 e. The van der Waals surface area contributed by atoms with Crippen LogP contribution in [0.3, 0.4) is 0 Å². The normalized spacial score (nSPS) is 25.4. The molecule has 13 nitrogen and oxygen atoms in total. The second-order valence-corrected chi connectivity index (χ2v) is 17.6. The zero-order valence-corrected chi connectivity index (χ0v) is 31.6. The second-order valence-electron chi connectivity index (χ2n) is 17.6. The lowest BCUT2D eigenvalue weighted by molar-refractivity contribution is -0.143. The third kappa shape index (κ3) is 7.03. The molecule has 4 fully saturated rings. The Kier molecular flexibility index (Phi) is 10.9. The molecule has 4 aliphatic rings. The van der Waals surface area contributed by atoms with Crippen molar-refractivity contribution in [2.45, 2.75) is 136 Å². The van der Waals surface area contributed by atoms with Gasteiger partial charge < -0.3 is 37.2 Å². The zero-order chi connectivity index (χ0) is 37.6. The molecule has 1 saturated heterocycles. The van der Waals surface area contributed by atoms with E-state index in [-0.39, 0.29) is 34.6 Å². The van der Waals surface area contributed by atoms with Crippen LogP contribution in [0.5, 0.6) is 0 Å². The number of nitrogens with one attached hydrogen (secondary N) is 5. The van der Waals surface area contributed by atoms with Crippen LogP contribution in [-0.4, -0.2) is 90.2 Å². The van der Waals surface area contributed by atoms with Gasteiger partial charge in [-0.2, -0.15) is 0 Å². The van der Waals surface area contributed by atoms with E-state index in [1.165, 1.54) is 0 Å². The number of carbonyl (C=O) groups is 6. The molecule has 0 bridgehead atoms. The largest absolute Gasteiger partial charge is 0.363 e. The van der Waals surface area contributed by atoms with Gasteiger partial charge in [0.25, 0.3) is 5.91 Å². The summed E-state index contributed by atoms with van der Waals surface area (Å²) in [5.74, 6) is -2.83. The molecule has 0 aromatic heterocycles. The number of hydrogen-bond donors (Lipinski definition) is 6. The highest BCUT2D eigenvalue weighted by molar-refractivity contribution is 6.37. The Labute approximate surface area is 297 Å². The van der Waals surface area contributed by atoms with Crippen LogP contribution in [-0.2, 0) is 24.0 Å². The van der Waals surface area contributed by atoms with Crippen LogP contribution in [0.2, 0.25) is 0 Å². The third-order valence-corrected chi connectivity index (χ3v) is 13.0. The number of rotatable bonds is 14. The number of carbonyl (C=O) groups excluding carboxylic acids is 6. The number of likely N-dealkylation sites (N-methyl/N-ethyl adjacent to an activating group) is 1. The third-order valence-electron chi connectivity index (χ3n) is 13.0. The van der Waals surface area contributed by atoms with Crippen molar-refractivity contribution < 1.29 is 28.8 Å². The molecule has 5 atom stereocenters. The Morgan fingerprint density at radius 3 is 1.98 bits per heavy atom. The van der Waals surface area contributed by atoms with E-state index in [4.69, 9.17) is 5.73 Å². The second kappa shape index (κ2) is 13.9. The molecule has 6 amide bonds. The van der Waals surface area contributed by atoms with Crippen LogP contribution >= 0.6 is 0 Å². The molecule has 0 radical (unpaired) electrons. The Balaban J connectivity index is 1.57. The molecule has 0 aromatic rings. The molecule has 2 spiro atoms. The number of Topliss-reactive ketones (excluding diaryl/α,β-unsaturated/α-hetero) is 1. The molecule has 3 aliphatic carbocycles. The number of ketones is 1. The number of fused-ring (bicyclic) bond motifs is 1. The molecule has 7 N–H and O–H groups in total. The zero-order valence-electron chi connectivity index (χ0n) is 31.6. The highest BCUT2D eigenvalue weighted by atomic mass is 16.2. The maximum absolute atomic E-state index is 14.7. The van der Waals surface area contributed by atoms with Gasteiger partial charge in [0, 0.05) is 18.5 Å². The fraction of sp³-hybridized carbons (Fsp3) is 0.784. The molecule has 3 saturated carbocycles. The fourth-order valence-corrected chi connectivity index (χ4v) is 8.82. The molecule has 1 unspecified atom stereocenters. The van der Waals surface area contributed by atoms with Crippen molar-refractivity contribution in [1.82, 2.24) is 31.5 Å². The van der Waals surface area contributed by atoms with Crippen molar-refractivity contribution in [1.29, 1.82) is 0 Å². The molecule has 0 aromatic carbocycles. The number of urea groups is 1. The lowest BCUT2D eigenvalue weighted by Crippen LogP contribution is -2.61. The van der Waals surface area contributed by atoms with Gasteiger partial charge >= 0.3 is 6.03 Å². The Morgan fingerprint density at radius 2 is 1.54 bits per heavy atom. The van der Waals surface area contributed by atoms with Gasteiger partial charge in [-0.25, -0.2) is 4.79 Å². The number of hydrogen-bond acceptors (Lipinski definition) is 7. The van der Waals surface area contributed by atoms with Crippen molar-refractivity contribution >= 4 is 35.4 Å². The maximum Gasteiger partial charge on any atom is 0.315 e. The van der Waals surface area contributed by atoms with Gasteiger partial charge in [0.1, 0.15) is 12.1 Å². The van der Waals surface area contributed by atoms with Crippen LogP contribution in [0.4, 0.5) is 4.79 Å². The maximum atomic E-state index is 14.7. The highest BCUT2D eigenvalue weighted by Crippen LogP contribution is 2.88. The summed E-state index contributed by atoms with van der Waals surface area (Å²) in [5.41, 5.74) is 4.06. The minimum absolute atomic E-state index is 0.0188. The number of amides is 6.